The molecule has 6 nitrogen and oxygen atoms in total. The van der Waals surface area contributed by atoms with Crippen LogP contribution in [0.5, 0.6) is 0 Å². The first kappa shape index (κ1) is 11.8. The van der Waals surface area contributed by atoms with E-state index in [1.54, 1.807) is 18.0 Å². The maximum atomic E-state index is 11.4. The highest BCUT2D eigenvalue weighted by Crippen LogP contribution is 2.25. The highest BCUT2D eigenvalue weighted by molar-refractivity contribution is 5.86. The number of nitrogens with zero attached hydrogens (tertiary/aromatic N) is 2. The monoisotopic (exact) mass is 260 g/mol. The Bertz CT molecular complexity index is 622. The molecule has 19 heavy (non-hydrogen) atoms. The number of piperidine rings is 1. The lowest BCUT2D eigenvalue weighted by molar-refractivity contribution is -0.132. The number of hydrogen-bond donors (Lipinski definition) is 2. The molecule has 1 aromatic carbocycles. The fourth-order valence-corrected chi connectivity index (χ4v) is 2.34. The van der Waals surface area contributed by atoms with E-state index in [9.17, 15) is 4.79 Å². The van der Waals surface area contributed by atoms with Crippen LogP contribution in [0.25, 0.3) is 11.1 Å². The second-order valence-electron chi connectivity index (χ2n) is 4.87. The molecule has 0 saturated carbocycles. The molecule has 0 aliphatic carbocycles. The minimum absolute atomic E-state index is 0.164. The second kappa shape index (κ2) is 4.46. The summed E-state index contributed by atoms with van der Waals surface area (Å²) in [6.07, 6.45) is 1.34. The summed E-state index contributed by atoms with van der Waals surface area (Å²) in [6.45, 7) is 0.660. The number of hydrogen-bond acceptors (Lipinski definition) is 5. The van der Waals surface area contributed by atoms with E-state index < -0.39 is 0 Å². The van der Waals surface area contributed by atoms with Crippen molar-refractivity contribution in [2.75, 3.05) is 24.6 Å². The summed E-state index contributed by atoms with van der Waals surface area (Å²) in [5, 5.41) is 3.22. The Labute approximate surface area is 110 Å². The SMILES string of the molecule is CN1CC(Nc2nc3c(N)cccc3o2)CCC1=O. The number of oxazole rings is 1. The van der Waals surface area contributed by atoms with E-state index in [2.05, 4.69) is 10.3 Å². The molecule has 3 N–H and O–H groups in total. The molecule has 1 saturated heterocycles. The van der Waals surface area contributed by atoms with E-state index in [1.807, 2.05) is 12.1 Å². The molecular formula is C13H16N4O2. The number of nitrogens with two attached hydrogens (primary N) is 1. The highest BCUT2D eigenvalue weighted by atomic mass is 16.4. The van der Waals surface area contributed by atoms with E-state index in [0.717, 1.165) is 6.42 Å². The number of fused-ring (bicyclic) bond motifs is 1. The van der Waals surface area contributed by atoms with Crippen molar-refractivity contribution in [1.82, 2.24) is 9.88 Å². The Balaban J connectivity index is 1.78. The molecule has 1 amide bonds. The van der Waals surface area contributed by atoms with E-state index >= 15 is 0 Å². The first-order valence-corrected chi connectivity index (χ1v) is 6.29. The van der Waals surface area contributed by atoms with Gasteiger partial charge in [-0.1, -0.05) is 6.07 Å². The Hall–Kier alpha value is -2.24. The molecule has 0 spiro atoms. The molecule has 0 bridgehead atoms. The van der Waals surface area contributed by atoms with Crippen molar-refractivity contribution in [2.45, 2.75) is 18.9 Å². The van der Waals surface area contributed by atoms with Crippen LogP contribution in [0.15, 0.2) is 22.6 Å². The quantitative estimate of drug-likeness (QED) is 0.798. The average molecular weight is 260 g/mol. The van der Waals surface area contributed by atoms with Gasteiger partial charge < -0.3 is 20.4 Å². The average Bonchev–Trinajstić information content (AvgIpc) is 2.78. The molecule has 0 radical (unpaired) electrons. The summed E-state index contributed by atoms with van der Waals surface area (Å²) in [7, 11) is 1.81. The maximum absolute atomic E-state index is 11.4. The number of amides is 1. The summed E-state index contributed by atoms with van der Waals surface area (Å²) in [6, 6.07) is 6.08. The Morgan fingerprint density at radius 2 is 2.37 bits per heavy atom. The zero-order chi connectivity index (χ0) is 13.4. The van der Waals surface area contributed by atoms with E-state index in [1.165, 1.54) is 0 Å². The summed E-state index contributed by atoms with van der Waals surface area (Å²) in [4.78, 5) is 17.5. The summed E-state index contributed by atoms with van der Waals surface area (Å²) >= 11 is 0. The minimum Gasteiger partial charge on any atom is -0.423 e. The van der Waals surface area contributed by atoms with Crippen LogP contribution in [0.2, 0.25) is 0 Å². The highest BCUT2D eigenvalue weighted by Gasteiger charge is 2.24. The van der Waals surface area contributed by atoms with Gasteiger partial charge in [0.25, 0.3) is 6.01 Å². The van der Waals surface area contributed by atoms with Gasteiger partial charge in [0, 0.05) is 26.1 Å². The predicted octanol–water partition coefficient (Wildman–Crippen LogP) is 1.44. The number of nitrogen functional groups attached to an aromatic ring is 1. The van der Waals surface area contributed by atoms with Gasteiger partial charge in [-0.15, -0.1) is 0 Å². The van der Waals surface area contributed by atoms with E-state index in [4.69, 9.17) is 10.2 Å². The van der Waals surface area contributed by atoms with Crippen LogP contribution in [0.3, 0.4) is 0 Å². The van der Waals surface area contributed by atoms with Gasteiger partial charge in [-0.3, -0.25) is 4.79 Å². The number of benzene rings is 1. The number of anilines is 2. The van der Waals surface area contributed by atoms with Gasteiger partial charge in [0.15, 0.2) is 5.58 Å². The first-order valence-electron chi connectivity index (χ1n) is 6.29. The lowest BCUT2D eigenvalue weighted by atomic mass is 10.1. The Morgan fingerprint density at radius 1 is 1.53 bits per heavy atom. The number of likely N-dealkylation sites (tertiary alicyclic amines) is 1. The topological polar surface area (TPSA) is 84.4 Å². The van der Waals surface area contributed by atoms with E-state index in [-0.39, 0.29) is 11.9 Å². The molecule has 1 aromatic heterocycles. The van der Waals surface area contributed by atoms with Crippen molar-refractivity contribution < 1.29 is 9.21 Å². The third-order valence-electron chi connectivity index (χ3n) is 3.40. The molecule has 2 aromatic rings. The fourth-order valence-electron chi connectivity index (χ4n) is 2.34. The first-order chi connectivity index (χ1) is 9.13. The van der Waals surface area contributed by atoms with Crippen LogP contribution < -0.4 is 11.1 Å². The minimum atomic E-state index is 0.164. The van der Waals surface area contributed by atoms with Gasteiger partial charge >= 0.3 is 0 Å². The molecule has 6 heteroatoms. The van der Waals surface area contributed by atoms with Gasteiger partial charge in [-0.25, -0.2) is 0 Å². The molecule has 1 atom stereocenters. The van der Waals surface area contributed by atoms with E-state index in [0.29, 0.717) is 35.8 Å². The molecule has 3 rings (SSSR count). The van der Waals surface area contributed by atoms with Crippen molar-refractivity contribution in [1.29, 1.82) is 0 Å². The Morgan fingerprint density at radius 3 is 3.11 bits per heavy atom. The number of likely N-dealkylation sites (N-methyl/N-ethyl adjacent to an activating group) is 1. The van der Waals surface area contributed by atoms with Gasteiger partial charge in [-0.2, -0.15) is 4.98 Å². The standard InChI is InChI=1S/C13H16N4O2/c1-17-7-8(5-6-11(17)18)15-13-16-12-9(14)3-2-4-10(12)19-13/h2-4,8H,5-7,14H2,1H3,(H,15,16). The maximum Gasteiger partial charge on any atom is 0.296 e. The van der Waals surface area contributed by atoms with Crippen LogP contribution in [0.1, 0.15) is 12.8 Å². The zero-order valence-corrected chi connectivity index (χ0v) is 10.7. The third-order valence-corrected chi connectivity index (χ3v) is 3.40. The molecule has 100 valence electrons. The number of aromatic nitrogens is 1. The molecule has 1 unspecified atom stereocenters. The fraction of sp³-hybridized carbons (Fsp3) is 0.385. The number of carbonyl (C=O) groups is 1. The van der Waals surface area contributed by atoms with Crippen molar-refractivity contribution in [3.63, 3.8) is 0 Å². The third kappa shape index (κ3) is 2.21. The zero-order valence-electron chi connectivity index (χ0n) is 10.7. The molecular weight excluding hydrogens is 244 g/mol. The normalized spacial score (nSPS) is 19.9. The lowest BCUT2D eigenvalue weighted by Gasteiger charge is -2.29. The van der Waals surface area contributed by atoms with Gasteiger partial charge in [0.05, 0.1) is 5.69 Å². The smallest absolute Gasteiger partial charge is 0.296 e. The largest absolute Gasteiger partial charge is 0.423 e. The number of carbonyl (C=O) groups excluding carboxylic acids is 1. The number of nitrogens with one attached hydrogen (secondary N) is 1. The van der Waals surface area contributed by atoms with Gasteiger partial charge in [0.1, 0.15) is 5.52 Å². The lowest BCUT2D eigenvalue weighted by Crippen LogP contribution is -2.43. The predicted molar refractivity (Wildman–Crippen MR) is 72.7 cm³/mol. The summed E-state index contributed by atoms with van der Waals surface area (Å²) < 4.78 is 5.61. The van der Waals surface area contributed by atoms with Crippen LogP contribution in [-0.2, 0) is 4.79 Å². The van der Waals surface area contributed by atoms with Gasteiger partial charge in [-0.05, 0) is 18.6 Å². The van der Waals surface area contributed by atoms with Gasteiger partial charge in [0.2, 0.25) is 5.91 Å². The Kier molecular flexibility index (Phi) is 2.77. The molecule has 1 aliphatic heterocycles. The number of rotatable bonds is 2. The second-order valence-corrected chi connectivity index (χ2v) is 4.87. The van der Waals surface area contributed by atoms with Crippen molar-refractivity contribution >= 4 is 28.7 Å². The van der Waals surface area contributed by atoms with Crippen molar-refractivity contribution in [3.8, 4) is 0 Å². The molecule has 1 fully saturated rings. The molecule has 1 aliphatic rings. The van der Waals surface area contributed by atoms with Crippen LogP contribution >= 0.6 is 0 Å². The summed E-state index contributed by atoms with van der Waals surface area (Å²) in [5.41, 5.74) is 7.78. The van der Waals surface area contributed by atoms with Crippen LogP contribution in [0.4, 0.5) is 11.7 Å². The van der Waals surface area contributed by atoms with Crippen LogP contribution in [-0.4, -0.2) is 35.4 Å². The van der Waals surface area contributed by atoms with Crippen molar-refractivity contribution in [3.05, 3.63) is 18.2 Å². The van der Waals surface area contributed by atoms with Crippen molar-refractivity contribution in [2.24, 2.45) is 0 Å². The summed E-state index contributed by atoms with van der Waals surface area (Å²) in [5.74, 6) is 0.180. The molecule has 2 heterocycles. The van der Waals surface area contributed by atoms with Crippen LogP contribution in [0, 0.1) is 0 Å². The number of para-hydroxylation sites is 1.